The molecule has 0 saturated carbocycles. The predicted molar refractivity (Wildman–Crippen MR) is 88.8 cm³/mol. The van der Waals surface area contributed by atoms with Crippen LogP contribution in [-0.4, -0.2) is 16.9 Å². The molecule has 3 nitrogen and oxygen atoms in total. The highest BCUT2D eigenvalue weighted by Gasteiger charge is 2.30. The first-order chi connectivity index (χ1) is 11.2. The lowest BCUT2D eigenvalue weighted by Gasteiger charge is -2.15. The van der Waals surface area contributed by atoms with Gasteiger partial charge in [-0.25, -0.2) is 4.79 Å². The van der Waals surface area contributed by atoms with Gasteiger partial charge in [0.25, 0.3) is 0 Å². The van der Waals surface area contributed by atoms with Crippen LogP contribution in [0.5, 0.6) is 0 Å². The third kappa shape index (κ3) is 1.98. The molecular weight excluding hydrogens is 288 g/mol. The summed E-state index contributed by atoms with van der Waals surface area (Å²) in [7, 11) is 0. The first-order valence-corrected chi connectivity index (χ1v) is 7.27. The topological polar surface area (TPSA) is 54.4 Å². The largest absolute Gasteiger partial charge is 0.478 e. The first kappa shape index (κ1) is 13.5. The van der Waals surface area contributed by atoms with Crippen LogP contribution in [0.1, 0.15) is 27.0 Å². The Morgan fingerprint density at radius 2 is 1.43 bits per heavy atom. The smallest absolute Gasteiger partial charge is 0.336 e. The lowest BCUT2D eigenvalue weighted by atomic mass is 9.86. The maximum atomic E-state index is 12.9. The Morgan fingerprint density at radius 1 is 0.783 bits per heavy atom. The number of carbonyl (C=O) groups excluding carboxylic acids is 1. The summed E-state index contributed by atoms with van der Waals surface area (Å²) in [6.45, 7) is 0. The van der Waals surface area contributed by atoms with Gasteiger partial charge in [-0.1, -0.05) is 48.5 Å². The number of carboxylic acids is 1. The summed E-state index contributed by atoms with van der Waals surface area (Å²) in [5.74, 6) is -1.17. The molecule has 110 valence electrons. The molecule has 3 heteroatoms. The van der Waals surface area contributed by atoms with E-state index in [0.29, 0.717) is 16.7 Å². The van der Waals surface area contributed by atoms with Crippen molar-refractivity contribution in [2.45, 2.75) is 0 Å². The summed E-state index contributed by atoms with van der Waals surface area (Å²) < 4.78 is 0. The zero-order valence-corrected chi connectivity index (χ0v) is 12.1. The van der Waals surface area contributed by atoms with E-state index in [0.717, 1.165) is 16.7 Å². The molecule has 0 atom stereocenters. The van der Waals surface area contributed by atoms with Crippen molar-refractivity contribution < 1.29 is 14.7 Å². The lowest BCUT2D eigenvalue weighted by Crippen LogP contribution is -2.12. The number of benzene rings is 2. The number of aromatic carboxylic acids is 1. The van der Waals surface area contributed by atoms with E-state index >= 15 is 0 Å². The van der Waals surface area contributed by atoms with Crippen LogP contribution in [0.15, 0.2) is 66.3 Å². The van der Waals surface area contributed by atoms with E-state index in [2.05, 4.69) is 0 Å². The van der Waals surface area contributed by atoms with Gasteiger partial charge in [0.1, 0.15) is 0 Å². The number of allylic oxidation sites excluding steroid dienone is 5. The molecule has 0 unspecified atom stereocenters. The summed E-state index contributed by atoms with van der Waals surface area (Å²) in [6, 6.07) is 14.4. The van der Waals surface area contributed by atoms with E-state index < -0.39 is 5.97 Å². The Kier molecular flexibility index (Phi) is 2.88. The average Bonchev–Trinajstić information content (AvgIpc) is 2.95. The molecule has 0 bridgehead atoms. The van der Waals surface area contributed by atoms with Gasteiger partial charge in [0.15, 0.2) is 5.78 Å². The number of ketones is 1. The summed E-state index contributed by atoms with van der Waals surface area (Å²) in [5.41, 5.74) is 4.61. The number of hydrogen-bond donors (Lipinski definition) is 1. The highest BCUT2D eigenvalue weighted by atomic mass is 16.4. The average molecular weight is 300 g/mol. The SMILES string of the molecule is O=C1C2=Cc3ccccc3C2=CC=C1c1ccccc1C(=O)O. The maximum Gasteiger partial charge on any atom is 0.336 e. The molecule has 2 aromatic rings. The van der Waals surface area contributed by atoms with E-state index in [1.807, 2.05) is 36.4 Å². The Balaban J connectivity index is 1.87. The van der Waals surface area contributed by atoms with Crippen molar-refractivity contribution >= 4 is 29.0 Å². The van der Waals surface area contributed by atoms with E-state index in [1.54, 1.807) is 24.3 Å². The Labute approximate surface area is 132 Å². The van der Waals surface area contributed by atoms with Crippen molar-refractivity contribution in [2.75, 3.05) is 0 Å². The molecule has 2 aliphatic rings. The molecule has 0 radical (unpaired) electrons. The van der Waals surface area contributed by atoms with E-state index in [-0.39, 0.29) is 11.3 Å². The van der Waals surface area contributed by atoms with Crippen LogP contribution in [0.4, 0.5) is 0 Å². The van der Waals surface area contributed by atoms with Gasteiger partial charge < -0.3 is 5.11 Å². The molecule has 2 aliphatic carbocycles. The Bertz CT molecular complexity index is 958. The molecule has 0 aliphatic heterocycles. The Hall–Kier alpha value is -3.20. The third-order valence-corrected chi connectivity index (χ3v) is 4.19. The maximum absolute atomic E-state index is 12.9. The highest BCUT2D eigenvalue weighted by molar-refractivity contribution is 6.39. The predicted octanol–water partition coefficient (Wildman–Crippen LogP) is 3.83. The standard InChI is InChI=1S/C20H12O3/c21-19-16(14-7-3-4-8-17(14)20(22)23)10-9-15-13-6-2-1-5-12(13)11-18(15)19/h1-11H,(H,22,23). The van der Waals surface area contributed by atoms with Crippen LogP contribution < -0.4 is 0 Å². The molecule has 23 heavy (non-hydrogen) atoms. The number of carboxylic acid groups (broad SMARTS) is 1. The van der Waals surface area contributed by atoms with Gasteiger partial charge in [-0.2, -0.15) is 0 Å². The quantitative estimate of drug-likeness (QED) is 0.917. The van der Waals surface area contributed by atoms with Crippen molar-refractivity contribution in [3.05, 3.63) is 88.5 Å². The van der Waals surface area contributed by atoms with Gasteiger partial charge in [0, 0.05) is 16.7 Å². The molecule has 1 N–H and O–H groups in total. The number of carbonyl (C=O) groups is 2. The number of fused-ring (bicyclic) bond motifs is 3. The molecule has 0 aromatic heterocycles. The van der Waals surface area contributed by atoms with Crippen LogP contribution in [-0.2, 0) is 4.79 Å². The molecule has 0 saturated heterocycles. The van der Waals surface area contributed by atoms with Crippen LogP contribution in [0.2, 0.25) is 0 Å². The zero-order chi connectivity index (χ0) is 16.0. The fourth-order valence-electron chi connectivity index (χ4n) is 3.12. The van der Waals surface area contributed by atoms with E-state index in [4.69, 9.17) is 0 Å². The summed E-state index contributed by atoms with van der Waals surface area (Å²) in [6.07, 6.45) is 5.49. The minimum absolute atomic E-state index is 0.132. The van der Waals surface area contributed by atoms with Gasteiger partial charge in [0.2, 0.25) is 0 Å². The van der Waals surface area contributed by atoms with Crippen LogP contribution in [0.3, 0.4) is 0 Å². The van der Waals surface area contributed by atoms with Crippen molar-refractivity contribution in [3.63, 3.8) is 0 Å². The van der Waals surface area contributed by atoms with Gasteiger partial charge in [-0.3, -0.25) is 4.79 Å². The lowest BCUT2D eigenvalue weighted by molar-refractivity contribution is -0.110. The molecule has 0 spiro atoms. The third-order valence-electron chi connectivity index (χ3n) is 4.19. The number of rotatable bonds is 2. The van der Waals surface area contributed by atoms with Crippen LogP contribution in [0.25, 0.3) is 17.2 Å². The van der Waals surface area contributed by atoms with Gasteiger partial charge >= 0.3 is 5.97 Å². The van der Waals surface area contributed by atoms with Gasteiger partial charge in [-0.15, -0.1) is 0 Å². The molecule has 0 heterocycles. The van der Waals surface area contributed by atoms with Crippen molar-refractivity contribution in [2.24, 2.45) is 0 Å². The normalized spacial score (nSPS) is 15.3. The second-order valence-corrected chi connectivity index (χ2v) is 5.49. The van der Waals surface area contributed by atoms with Crippen LogP contribution in [0, 0.1) is 0 Å². The zero-order valence-electron chi connectivity index (χ0n) is 12.1. The highest BCUT2D eigenvalue weighted by Crippen LogP contribution is 2.41. The second kappa shape index (κ2) is 4.92. The second-order valence-electron chi connectivity index (χ2n) is 5.49. The van der Waals surface area contributed by atoms with Crippen LogP contribution >= 0.6 is 0 Å². The fraction of sp³-hybridized carbons (Fsp3) is 0. The molecule has 0 fully saturated rings. The molecule has 0 amide bonds. The minimum atomic E-state index is -1.03. The van der Waals surface area contributed by atoms with Gasteiger partial charge in [-0.05, 0) is 34.9 Å². The summed E-state index contributed by atoms with van der Waals surface area (Å²) in [4.78, 5) is 24.3. The molecular formula is C20H12O3. The minimum Gasteiger partial charge on any atom is -0.478 e. The van der Waals surface area contributed by atoms with E-state index in [1.165, 1.54) is 6.07 Å². The number of hydrogen-bond acceptors (Lipinski definition) is 2. The van der Waals surface area contributed by atoms with Crippen molar-refractivity contribution in [1.82, 2.24) is 0 Å². The summed E-state index contributed by atoms with van der Waals surface area (Å²) >= 11 is 0. The van der Waals surface area contributed by atoms with Crippen molar-refractivity contribution in [1.29, 1.82) is 0 Å². The molecule has 4 rings (SSSR count). The Morgan fingerprint density at radius 3 is 2.22 bits per heavy atom. The number of Topliss-reactive ketones (excluding diaryl/α,β-unsaturated/α-hetero) is 1. The van der Waals surface area contributed by atoms with E-state index in [9.17, 15) is 14.7 Å². The van der Waals surface area contributed by atoms with Crippen molar-refractivity contribution in [3.8, 4) is 0 Å². The molecule has 2 aromatic carbocycles. The monoisotopic (exact) mass is 300 g/mol. The summed E-state index contributed by atoms with van der Waals surface area (Å²) in [5, 5.41) is 9.34. The first-order valence-electron chi connectivity index (χ1n) is 7.27. The fourth-order valence-corrected chi connectivity index (χ4v) is 3.12. The van der Waals surface area contributed by atoms with Gasteiger partial charge in [0.05, 0.1) is 5.56 Å².